The molecule has 1 aliphatic heterocycles. The van der Waals surface area contributed by atoms with Crippen molar-refractivity contribution in [2.24, 2.45) is 0 Å². The van der Waals surface area contributed by atoms with E-state index in [2.05, 4.69) is 15.9 Å². The van der Waals surface area contributed by atoms with Crippen LogP contribution in [0.3, 0.4) is 0 Å². The number of hydrogen-bond donors (Lipinski definition) is 0. The molecular formula is C20H21ClFN3O. The van der Waals surface area contributed by atoms with E-state index in [4.69, 9.17) is 16.3 Å². The molecule has 2 aromatic rings. The minimum atomic E-state index is -0.261. The summed E-state index contributed by atoms with van der Waals surface area (Å²) in [5.74, 6) is 0.419. The minimum Gasteiger partial charge on any atom is -0.492 e. The molecule has 0 aliphatic carbocycles. The summed E-state index contributed by atoms with van der Waals surface area (Å²) in [4.78, 5) is 4.56. The van der Waals surface area contributed by atoms with Gasteiger partial charge in [0.25, 0.3) is 0 Å². The Morgan fingerprint density at radius 2 is 1.85 bits per heavy atom. The molecule has 1 aliphatic rings. The van der Waals surface area contributed by atoms with E-state index in [0.29, 0.717) is 22.9 Å². The standard InChI is InChI=1S/C20H21ClFN3O/c1-15-12-20(16(14-23)13-19(15)21)25-8-6-24(7-9-25)10-11-26-18-4-2-17(22)3-5-18/h2-5,12-13H,6-11H2,1H3. The van der Waals surface area contributed by atoms with Crippen LogP contribution in [0.4, 0.5) is 10.1 Å². The normalized spacial score (nSPS) is 14.9. The van der Waals surface area contributed by atoms with E-state index in [1.54, 1.807) is 18.2 Å². The van der Waals surface area contributed by atoms with E-state index in [9.17, 15) is 9.65 Å². The second kappa shape index (κ2) is 8.39. The molecule has 0 saturated carbocycles. The number of aryl methyl sites for hydroxylation is 1. The number of anilines is 1. The van der Waals surface area contributed by atoms with Crippen LogP contribution in [0, 0.1) is 24.1 Å². The van der Waals surface area contributed by atoms with E-state index in [1.165, 1.54) is 12.1 Å². The highest BCUT2D eigenvalue weighted by molar-refractivity contribution is 6.31. The van der Waals surface area contributed by atoms with Gasteiger partial charge in [-0.25, -0.2) is 4.39 Å². The van der Waals surface area contributed by atoms with E-state index in [-0.39, 0.29) is 5.82 Å². The molecule has 0 radical (unpaired) electrons. The van der Waals surface area contributed by atoms with Crippen molar-refractivity contribution in [3.05, 3.63) is 58.4 Å². The first-order valence-corrected chi connectivity index (χ1v) is 9.00. The third-order valence-electron chi connectivity index (χ3n) is 4.60. The largest absolute Gasteiger partial charge is 0.492 e. The Morgan fingerprint density at radius 3 is 2.50 bits per heavy atom. The average Bonchev–Trinajstić information content (AvgIpc) is 2.66. The van der Waals surface area contributed by atoms with Gasteiger partial charge in [0.15, 0.2) is 0 Å². The summed E-state index contributed by atoms with van der Waals surface area (Å²) < 4.78 is 18.5. The van der Waals surface area contributed by atoms with Gasteiger partial charge in [-0.05, 0) is 48.9 Å². The van der Waals surface area contributed by atoms with E-state index < -0.39 is 0 Å². The van der Waals surface area contributed by atoms with Gasteiger partial charge < -0.3 is 9.64 Å². The number of benzene rings is 2. The predicted molar refractivity (Wildman–Crippen MR) is 101 cm³/mol. The molecule has 1 heterocycles. The van der Waals surface area contributed by atoms with Crippen LogP contribution < -0.4 is 9.64 Å². The predicted octanol–water partition coefficient (Wildman–Crippen LogP) is 3.86. The molecule has 0 N–H and O–H groups in total. The fraction of sp³-hybridized carbons (Fsp3) is 0.350. The molecular weight excluding hydrogens is 353 g/mol. The van der Waals surface area contributed by atoms with Crippen LogP contribution in [-0.4, -0.2) is 44.2 Å². The molecule has 6 heteroatoms. The van der Waals surface area contributed by atoms with Crippen LogP contribution in [0.15, 0.2) is 36.4 Å². The van der Waals surface area contributed by atoms with Crippen LogP contribution in [0.1, 0.15) is 11.1 Å². The summed E-state index contributed by atoms with van der Waals surface area (Å²) >= 11 is 6.13. The lowest BCUT2D eigenvalue weighted by atomic mass is 10.1. The topological polar surface area (TPSA) is 39.5 Å². The van der Waals surface area contributed by atoms with Gasteiger partial charge in [-0.1, -0.05) is 11.6 Å². The van der Waals surface area contributed by atoms with E-state index in [1.807, 2.05) is 13.0 Å². The van der Waals surface area contributed by atoms with E-state index in [0.717, 1.165) is 44.0 Å². The highest BCUT2D eigenvalue weighted by Crippen LogP contribution is 2.28. The molecule has 136 valence electrons. The monoisotopic (exact) mass is 373 g/mol. The Kier molecular flexibility index (Phi) is 5.97. The molecule has 0 atom stereocenters. The van der Waals surface area contributed by atoms with Crippen LogP contribution in [0.5, 0.6) is 5.75 Å². The first kappa shape index (κ1) is 18.5. The number of rotatable bonds is 5. The highest BCUT2D eigenvalue weighted by Gasteiger charge is 2.20. The maximum Gasteiger partial charge on any atom is 0.123 e. The number of nitrogens with zero attached hydrogens (tertiary/aromatic N) is 3. The maximum atomic E-state index is 12.9. The maximum absolute atomic E-state index is 12.9. The summed E-state index contributed by atoms with van der Waals surface area (Å²) in [5, 5.41) is 10.00. The lowest BCUT2D eigenvalue weighted by molar-refractivity contribution is 0.200. The van der Waals surface area contributed by atoms with Crippen LogP contribution >= 0.6 is 11.6 Å². The summed E-state index contributed by atoms with van der Waals surface area (Å²) in [6.07, 6.45) is 0. The van der Waals surface area contributed by atoms with Crippen molar-refractivity contribution in [2.45, 2.75) is 6.92 Å². The third kappa shape index (κ3) is 4.46. The van der Waals surface area contributed by atoms with Crippen molar-refractivity contribution in [1.29, 1.82) is 5.26 Å². The minimum absolute atomic E-state index is 0.261. The molecule has 1 saturated heterocycles. The lowest BCUT2D eigenvalue weighted by Gasteiger charge is -2.36. The van der Waals surface area contributed by atoms with E-state index >= 15 is 0 Å². The van der Waals surface area contributed by atoms with Crippen molar-refractivity contribution in [1.82, 2.24) is 4.90 Å². The molecule has 2 aromatic carbocycles. The summed E-state index contributed by atoms with van der Waals surface area (Å²) in [5.41, 5.74) is 2.56. The Balaban J connectivity index is 1.51. The van der Waals surface area contributed by atoms with Crippen molar-refractivity contribution in [3.8, 4) is 11.8 Å². The Morgan fingerprint density at radius 1 is 1.15 bits per heavy atom. The Hall–Kier alpha value is -2.29. The average molecular weight is 374 g/mol. The molecule has 1 fully saturated rings. The molecule has 26 heavy (non-hydrogen) atoms. The second-order valence-corrected chi connectivity index (χ2v) is 6.77. The van der Waals surface area contributed by atoms with Crippen LogP contribution in [-0.2, 0) is 0 Å². The zero-order valence-electron chi connectivity index (χ0n) is 14.7. The highest BCUT2D eigenvalue weighted by atomic mass is 35.5. The van der Waals surface area contributed by atoms with Crippen molar-refractivity contribution in [2.75, 3.05) is 44.2 Å². The molecule has 0 bridgehead atoms. The van der Waals surface area contributed by atoms with Gasteiger partial charge >= 0.3 is 0 Å². The van der Waals surface area contributed by atoms with Gasteiger partial charge in [0, 0.05) is 37.7 Å². The van der Waals surface area contributed by atoms with Gasteiger partial charge in [-0.2, -0.15) is 5.26 Å². The molecule has 0 spiro atoms. The quantitative estimate of drug-likeness (QED) is 0.797. The summed E-state index contributed by atoms with van der Waals surface area (Å²) in [6, 6.07) is 12.1. The fourth-order valence-electron chi connectivity index (χ4n) is 3.05. The number of nitriles is 1. The van der Waals surface area contributed by atoms with Gasteiger partial charge in [-0.3, -0.25) is 4.90 Å². The van der Waals surface area contributed by atoms with Gasteiger partial charge in [0.1, 0.15) is 24.2 Å². The first-order chi connectivity index (χ1) is 12.6. The van der Waals surface area contributed by atoms with Crippen molar-refractivity contribution in [3.63, 3.8) is 0 Å². The summed E-state index contributed by atoms with van der Waals surface area (Å²) in [7, 11) is 0. The number of piperazine rings is 1. The molecule has 3 rings (SSSR count). The molecule has 0 unspecified atom stereocenters. The van der Waals surface area contributed by atoms with Crippen LogP contribution in [0.25, 0.3) is 0 Å². The zero-order valence-corrected chi connectivity index (χ0v) is 15.5. The number of ether oxygens (including phenoxy) is 1. The second-order valence-electron chi connectivity index (χ2n) is 6.36. The molecule has 4 nitrogen and oxygen atoms in total. The molecule has 0 amide bonds. The van der Waals surface area contributed by atoms with Gasteiger partial charge in [-0.15, -0.1) is 0 Å². The first-order valence-electron chi connectivity index (χ1n) is 8.63. The number of hydrogen-bond acceptors (Lipinski definition) is 4. The van der Waals surface area contributed by atoms with Gasteiger partial charge in [0.2, 0.25) is 0 Å². The lowest BCUT2D eigenvalue weighted by Crippen LogP contribution is -2.47. The fourth-order valence-corrected chi connectivity index (χ4v) is 3.22. The SMILES string of the molecule is Cc1cc(N2CCN(CCOc3ccc(F)cc3)CC2)c(C#N)cc1Cl. The Labute approximate surface area is 158 Å². The van der Waals surface area contributed by atoms with Gasteiger partial charge in [0.05, 0.1) is 11.3 Å². The smallest absolute Gasteiger partial charge is 0.123 e. The van der Waals surface area contributed by atoms with Crippen molar-refractivity contribution >= 4 is 17.3 Å². The Bertz CT molecular complexity index is 796. The number of halogens is 2. The summed E-state index contributed by atoms with van der Waals surface area (Å²) in [6.45, 7) is 6.85. The molecule has 0 aromatic heterocycles. The third-order valence-corrected chi connectivity index (χ3v) is 5.01. The van der Waals surface area contributed by atoms with Crippen LogP contribution in [0.2, 0.25) is 5.02 Å². The zero-order chi connectivity index (χ0) is 18.5. The van der Waals surface area contributed by atoms with Crippen molar-refractivity contribution < 1.29 is 9.13 Å².